The van der Waals surface area contributed by atoms with E-state index in [0.717, 1.165) is 5.75 Å². The first-order valence-corrected chi connectivity index (χ1v) is 8.82. The number of rotatable bonds is 8. The lowest BCUT2D eigenvalue weighted by atomic mass is 10.0. The van der Waals surface area contributed by atoms with Crippen LogP contribution in [0.1, 0.15) is 31.0 Å². The van der Waals surface area contributed by atoms with Crippen LogP contribution in [0, 0.1) is 5.82 Å². The second-order valence-corrected chi connectivity index (χ2v) is 6.46. The standard InChI is InChI=1S/C20H23ClFNO4/c1-12(23-13(2)20(24)26-4)17-9-14(22)10-19(21)18(17)11-27-16-7-5-15(25-3)6-8-16/h5-10,12-13,23H,11H2,1-4H3/t12-,13?/m0/s1. The van der Waals surface area contributed by atoms with Crippen LogP contribution in [-0.2, 0) is 16.1 Å². The van der Waals surface area contributed by atoms with Crippen LogP contribution in [0.15, 0.2) is 36.4 Å². The first kappa shape index (κ1) is 21.0. The minimum Gasteiger partial charge on any atom is -0.497 e. The topological polar surface area (TPSA) is 56.8 Å². The van der Waals surface area contributed by atoms with Gasteiger partial charge in [0, 0.05) is 11.6 Å². The zero-order valence-electron chi connectivity index (χ0n) is 15.7. The monoisotopic (exact) mass is 395 g/mol. The number of nitrogens with one attached hydrogen (secondary N) is 1. The van der Waals surface area contributed by atoms with Crippen molar-refractivity contribution in [3.8, 4) is 11.5 Å². The lowest BCUT2D eigenvalue weighted by Gasteiger charge is -2.22. The number of hydrogen-bond donors (Lipinski definition) is 1. The summed E-state index contributed by atoms with van der Waals surface area (Å²) >= 11 is 6.26. The molecule has 0 amide bonds. The predicted molar refractivity (Wildman–Crippen MR) is 102 cm³/mol. The molecule has 2 aromatic carbocycles. The number of benzene rings is 2. The van der Waals surface area contributed by atoms with Crippen LogP contribution in [0.2, 0.25) is 5.02 Å². The quantitative estimate of drug-likeness (QED) is 0.676. The predicted octanol–water partition coefficient (Wildman–Crippen LogP) is 4.28. The van der Waals surface area contributed by atoms with Crippen LogP contribution in [-0.4, -0.2) is 26.2 Å². The third-order valence-corrected chi connectivity index (χ3v) is 4.50. The highest BCUT2D eigenvalue weighted by Crippen LogP contribution is 2.29. The summed E-state index contributed by atoms with van der Waals surface area (Å²) in [6, 6.07) is 8.85. The molecule has 2 aromatic rings. The van der Waals surface area contributed by atoms with Gasteiger partial charge in [-0.1, -0.05) is 11.6 Å². The van der Waals surface area contributed by atoms with Crippen molar-refractivity contribution >= 4 is 17.6 Å². The average molecular weight is 396 g/mol. The second kappa shape index (κ2) is 9.58. The van der Waals surface area contributed by atoms with Crippen LogP contribution in [0.3, 0.4) is 0 Å². The van der Waals surface area contributed by atoms with Crippen molar-refractivity contribution in [3.63, 3.8) is 0 Å². The van der Waals surface area contributed by atoms with Gasteiger partial charge in [-0.2, -0.15) is 0 Å². The van der Waals surface area contributed by atoms with Gasteiger partial charge in [0.2, 0.25) is 0 Å². The van der Waals surface area contributed by atoms with Gasteiger partial charge in [0.05, 0.1) is 19.2 Å². The molecule has 0 aliphatic carbocycles. The molecule has 0 radical (unpaired) electrons. The Hall–Kier alpha value is -2.31. The minimum atomic E-state index is -0.553. The van der Waals surface area contributed by atoms with Gasteiger partial charge in [0.15, 0.2) is 0 Å². The molecule has 27 heavy (non-hydrogen) atoms. The fourth-order valence-electron chi connectivity index (χ4n) is 2.70. The van der Waals surface area contributed by atoms with Crippen molar-refractivity contribution in [3.05, 3.63) is 58.4 Å². The Balaban J connectivity index is 2.20. The number of carbonyl (C=O) groups is 1. The van der Waals surface area contributed by atoms with E-state index in [2.05, 4.69) is 5.32 Å². The normalized spacial score (nSPS) is 13.0. The van der Waals surface area contributed by atoms with E-state index in [4.69, 9.17) is 25.8 Å². The summed E-state index contributed by atoms with van der Waals surface area (Å²) in [4.78, 5) is 11.6. The molecular formula is C20H23ClFNO4. The Kier molecular flexibility index (Phi) is 7.45. The highest BCUT2D eigenvalue weighted by atomic mass is 35.5. The molecule has 0 spiro atoms. The Morgan fingerprint density at radius 1 is 1.15 bits per heavy atom. The number of hydrogen-bond acceptors (Lipinski definition) is 5. The third-order valence-electron chi connectivity index (χ3n) is 4.16. The Bertz CT molecular complexity index is 782. The van der Waals surface area contributed by atoms with E-state index < -0.39 is 17.8 Å². The highest BCUT2D eigenvalue weighted by molar-refractivity contribution is 6.31. The smallest absolute Gasteiger partial charge is 0.322 e. The van der Waals surface area contributed by atoms with Crippen LogP contribution in [0.25, 0.3) is 0 Å². The van der Waals surface area contributed by atoms with Gasteiger partial charge in [0.25, 0.3) is 0 Å². The van der Waals surface area contributed by atoms with E-state index in [9.17, 15) is 9.18 Å². The zero-order valence-corrected chi connectivity index (χ0v) is 16.5. The molecule has 0 aromatic heterocycles. The maximum atomic E-state index is 13.9. The molecule has 0 heterocycles. The molecule has 7 heteroatoms. The van der Waals surface area contributed by atoms with E-state index in [1.807, 2.05) is 6.92 Å². The van der Waals surface area contributed by atoms with Gasteiger partial charge in [-0.15, -0.1) is 0 Å². The molecule has 1 N–H and O–H groups in total. The van der Waals surface area contributed by atoms with Gasteiger partial charge >= 0.3 is 5.97 Å². The van der Waals surface area contributed by atoms with E-state index in [0.29, 0.717) is 16.9 Å². The van der Waals surface area contributed by atoms with Crippen molar-refractivity contribution in [2.45, 2.75) is 32.5 Å². The van der Waals surface area contributed by atoms with Crippen molar-refractivity contribution < 1.29 is 23.4 Å². The van der Waals surface area contributed by atoms with Gasteiger partial charge in [-0.25, -0.2) is 4.39 Å². The van der Waals surface area contributed by atoms with E-state index >= 15 is 0 Å². The van der Waals surface area contributed by atoms with Crippen molar-refractivity contribution in [2.75, 3.05) is 14.2 Å². The van der Waals surface area contributed by atoms with Crippen molar-refractivity contribution in [1.82, 2.24) is 5.32 Å². The van der Waals surface area contributed by atoms with Crippen LogP contribution >= 0.6 is 11.6 Å². The maximum Gasteiger partial charge on any atom is 0.322 e. The molecular weight excluding hydrogens is 373 g/mol. The lowest BCUT2D eigenvalue weighted by Crippen LogP contribution is -2.37. The van der Waals surface area contributed by atoms with Crippen molar-refractivity contribution in [2.24, 2.45) is 0 Å². The van der Waals surface area contributed by atoms with Crippen LogP contribution < -0.4 is 14.8 Å². The fourth-order valence-corrected chi connectivity index (χ4v) is 2.97. The molecule has 2 atom stereocenters. The Morgan fingerprint density at radius 3 is 2.37 bits per heavy atom. The number of methoxy groups -OCH3 is 2. The molecule has 5 nitrogen and oxygen atoms in total. The molecule has 0 saturated carbocycles. The average Bonchev–Trinajstić information content (AvgIpc) is 2.66. The molecule has 0 aliphatic rings. The van der Waals surface area contributed by atoms with Gasteiger partial charge in [-0.05, 0) is 55.8 Å². The van der Waals surface area contributed by atoms with Gasteiger partial charge < -0.3 is 14.2 Å². The minimum absolute atomic E-state index is 0.152. The first-order valence-electron chi connectivity index (χ1n) is 8.44. The van der Waals surface area contributed by atoms with Crippen molar-refractivity contribution in [1.29, 1.82) is 0 Å². The second-order valence-electron chi connectivity index (χ2n) is 6.05. The summed E-state index contributed by atoms with van der Waals surface area (Å²) in [5.41, 5.74) is 1.26. The van der Waals surface area contributed by atoms with E-state index in [1.54, 1.807) is 38.3 Å². The largest absolute Gasteiger partial charge is 0.497 e. The maximum absolute atomic E-state index is 13.9. The Morgan fingerprint density at radius 2 is 1.78 bits per heavy atom. The first-order chi connectivity index (χ1) is 12.8. The molecule has 0 fully saturated rings. The summed E-state index contributed by atoms with van der Waals surface area (Å²) in [5.74, 6) is 0.492. The molecule has 146 valence electrons. The van der Waals surface area contributed by atoms with E-state index in [-0.39, 0.29) is 17.7 Å². The summed E-state index contributed by atoms with van der Waals surface area (Å²) in [6.45, 7) is 3.65. The molecule has 2 rings (SSSR count). The van der Waals surface area contributed by atoms with E-state index in [1.165, 1.54) is 19.2 Å². The van der Waals surface area contributed by atoms with Gasteiger partial charge in [-0.3, -0.25) is 10.1 Å². The highest BCUT2D eigenvalue weighted by Gasteiger charge is 2.21. The number of carbonyl (C=O) groups excluding carboxylic acids is 1. The third kappa shape index (κ3) is 5.58. The Labute approximate surface area is 163 Å². The lowest BCUT2D eigenvalue weighted by molar-refractivity contribution is -0.142. The fraction of sp³-hybridized carbons (Fsp3) is 0.350. The number of halogens is 2. The molecule has 0 bridgehead atoms. The number of ether oxygens (including phenoxy) is 3. The number of esters is 1. The summed E-state index contributed by atoms with van der Waals surface area (Å²) < 4.78 is 29.5. The summed E-state index contributed by atoms with van der Waals surface area (Å²) in [7, 11) is 2.91. The summed E-state index contributed by atoms with van der Waals surface area (Å²) in [5, 5.41) is 3.34. The van der Waals surface area contributed by atoms with Gasteiger partial charge in [0.1, 0.15) is 30.0 Å². The zero-order chi connectivity index (χ0) is 20.0. The van der Waals surface area contributed by atoms with Crippen LogP contribution in [0.5, 0.6) is 11.5 Å². The molecule has 0 aliphatic heterocycles. The molecule has 1 unspecified atom stereocenters. The van der Waals surface area contributed by atoms with Crippen LogP contribution in [0.4, 0.5) is 4.39 Å². The molecule has 0 saturated heterocycles. The SMILES string of the molecule is COC(=O)C(C)N[C@@H](C)c1cc(F)cc(Cl)c1COc1ccc(OC)cc1. The summed E-state index contributed by atoms with van der Waals surface area (Å²) in [6.07, 6.45) is 0.